The van der Waals surface area contributed by atoms with E-state index in [4.69, 9.17) is 8.92 Å². The lowest BCUT2D eigenvalue weighted by molar-refractivity contribution is -0.148. The van der Waals surface area contributed by atoms with E-state index in [-0.39, 0.29) is 38.5 Å². The second-order valence-electron chi connectivity index (χ2n) is 7.50. The summed E-state index contributed by atoms with van der Waals surface area (Å²) in [6.07, 6.45) is -5.13. The molecular weight excluding hydrogens is 483 g/mol. The van der Waals surface area contributed by atoms with E-state index in [0.29, 0.717) is 5.56 Å². The molecule has 1 aliphatic rings. The number of hydrogen-bond acceptors (Lipinski definition) is 8. The monoisotopic (exact) mass is 505 g/mol. The predicted molar refractivity (Wildman–Crippen MR) is 109 cm³/mol. The predicted octanol–water partition coefficient (Wildman–Crippen LogP) is 1.30. The van der Waals surface area contributed by atoms with Crippen LogP contribution >= 0.6 is 0 Å². The van der Waals surface area contributed by atoms with Crippen LogP contribution in [-0.4, -0.2) is 65.5 Å². The molecule has 0 fully saturated rings. The molecule has 1 aliphatic heterocycles. The van der Waals surface area contributed by atoms with E-state index in [9.17, 15) is 31.2 Å². The lowest BCUT2D eigenvalue weighted by atomic mass is 10.2. The smallest absolute Gasteiger partial charge is 0.445 e. The number of alkyl halides is 3. The number of carbonyl (C=O) groups excluding carboxylic acids is 2. The zero-order chi connectivity index (χ0) is 24.9. The molecule has 34 heavy (non-hydrogen) atoms. The fourth-order valence-corrected chi connectivity index (χ4v) is 3.62. The fourth-order valence-electron chi connectivity index (χ4n) is 3.21. The topological polar surface area (TPSA) is 133 Å². The fraction of sp³-hybridized carbons (Fsp3) is 0.474. The summed E-state index contributed by atoms with van der Waals surface area (Å²) in [7, 11) is -3.87. The number of aromatic nitrogens is 3. The first-order chi connectivity index (χ1) is 15.9. The molecule has 0 radical (unpaired) electrons. The second-order valence-corrected chi connectivity index (χ2v) is 9.14. The van der Waals surface area contributed by atoms with Gasteiger partial charge < -0.3 is 19.5 Å². The highest BCUT2D eigenvalue weighted by Gasteiger charge is 2.40. The largest absolute Gasteiger partial charge is 0.451 e. The number of nitrogens with zero attached hydrogens (tertiary/aromatic N) is 4. The van der Waals surface area contributed by atoms with Crippen molar-refractivity contribution in [2.75, 3.05) is 19.4 Å². The minimum Gasteiger partial charge on any atom is -0.445 e. The Hall–Kier alpha value is -3.20. The van der Waals surface area contributed by atoms with Crippen LogP contribution in [0.1, 0.15) is 23.6 Å². The van der Waals surface area contributed by atoms with Crippen LogP contribution in [0.15, 0.2) is 30.3 Å². The molecule has 3 rings (SSSR count). The summed E-state index contributed by atoms with van der Waals surface area (Å²) in [5.74, 6) is -1.73. The van der Waals surface area contributed by atoms with E-state index in [2.05, 4.69) is 15.5 Å². The summed E-state index contributed by atoms with van der Waals surface area (Å²) >= 11 is 0. The second kappa shape index (κ2) is 10.4. The van der Waals surface area contributed by atoms with Crippen LogP contribution < -0.4 is 5.32 Å². The third-order valence-corrected chi connectivity index (χ3v) is 5.36. The van der Waals surface area contributed by atoms with Gasteiger partial charge in [0.05, 0.1) is 25.4 Å². The molecule has 2 heterocycles. The molecule has 2 amide bonds. The number of carbonyl (C=O) groups is 2. The van der Waals surface area contributed by atoms with Crippen molar-refractivity contribution in [3.8, 4) is 0 Å². The molecule has 1 aromatic heterocycles. The van der Waals surface area contributed by atoms with Gasteiger partial charge in [-0.3, -0.25) is 8.98 Å². The number of rotatable bonds is 8. The van der Waals surface area contributed by atoms with Crippen molar-refractivity contribution in [1.82, 2.24) is 25.0 Å². The van der Waals surface area contributed by atoms with E-state index in [0.717, 1.165) is 10.8 Å². The van der Waals surface area contributed by atoms with Gasteiger partial charge in [0, 0.05) is 19.5 Å². The summed E-state index contributed by atoms with van der Waals surface area (Å²) in [6.45, 7) is -1.03. The van der Waals surface area contributed by atoms with Gasteiger partial charge in [-0.2, -0.15) is 21.6 Å². The molecule has 0 saturated heterocycles. The van der Waals surface area contributed by atoms with Gasteiger partial charge in [-0.25, -0.2) is 4.79 Å². The minimum atomic E-state index is -4.67. The maximum absolute atomic E-state index is 13.0. The molecule has 11 nitrogen and oxygen atoms in total. The van der Waals surface area contributed by atoms with Gasteiger partial charge in [-0.15, -0.1) is 10.2 Å². The number of amides is 2. The van der Waals surface area contributed by atoms with Crippen LogP contribution in [0.4, 0.5) is 18.0 Å². The first kappa shape index (κ1) is 25.4. The molecule has 1 N–H and O–H groups in total. The molecule has 0 unspecified atom stereocenters. The van der Waals surface area contributed by atoms with Gasteiger partial charge in [-0.1, -0.05) is 30.3 Å². The number of alkyl carbamates (subject to hydrolysis) is 1. The Bertz CT molecular complexity index is 1120. The summed E-state index contributed by atoms with van der Waals surface area (Å²) in [5.41, 5.74) is 0.716. The van der Waals surface area contributed by atoms with Gasteiger partial charge in [-0.05, 0) is 5.56 Å². The Morgan fingerprint density at radius 2 is 1.88 bits per heavy atom. The molecule has 0 bridgehead atoms. The summed E-state index contributed by atoms with van der Waals surface area (Å²) < 4.78 is 72.4. The van der Waals surface area contributed by atoms with Crippen molar-refractivity contribution in [3.63, 3.8) is 0 Å². The lowest BCUT2D eigenvalue weighted by Crippen LogP contribution is -2.45. The zero-order valence-corrected chi connectivity index (χ0v) is 18.8. The summed E-state index contributed by atoms with van der Waals surface area (Å²) in [5, 5.41) is 9.06. The number of hydrogen-bond donors (Lipinski definition) is 1. The molecule has 0 saturated carbocycles. The number of benzene rings is 1. The molecule has 1 atom stereocenters. The van der Waals surface area contributed by atoms with Crippen LogP contribution in [0.2, 0.25) is 0 Å². The van der Waals surface area contributed by atoms with E-state index in [1.807, 2.05) is 0 Å². The van der Waals surface area contributed by atoms with Crippen LogP contribution in [0.25, 0.3) is 0 Å². The van der Waals surface area contributed by atoms with Crippen LogP contribution in [0.3, 0.4) is 0 Å². The zero-order valence-electron chi connectivity index (χ0n) is 18.0. The molecule has 0 aliphatic carbocycles. The van der Waals surface area contributed by atoms with E-state index < -0.39 is 46.8 Å². The number of nitrogens with one attached hydrogen (secondary N) is 1. The SMILES string of the molecule is CS(=O)(=O)OC[C@H](CC(=O)N1CCn2c(nnc2C(F)(F)F)C1)NC(=O)OCc1ccccc1. The van der Waals surface area contributed by atoms with Gasteiger partial charge in [0.2, 0.25) is 11.7 Å². The van der Waals surface area contributed by atoms with Crippen molar-refractivity contribution in [1.29, 1.82) is 0 Å². The van der Waals surface area contributed by atoms with E-state index in [1.54, 1.807) is 30.3 Å². The van der Waals surface area contributed by atoms with E-state index in [1.165, 1.54) is 4.90 Å². The maximum atomic E-state index is 13.0. The van der Waals surface area contributed by atoms with Crippen LogP contribution in [0.5, 0.6) is 0 Å². The van der Waals surface area contributed by atoms with Crippen molar-refractivity contribution in [2.24, 2.45) is 0 Å². The molecule has 2 aromatic rings. The van der Waals surface area contributed by atoms with Crippen LogP contribution in [0, 0.1) is 0 Å². The lowest BCUT2D eigenvalue weighted by Gasteiger charge is -2.29. The van der Waals surface area contributed by atoms with Gasteiger partial charge in [0.15, 0.2) is 5.82 Å². The van der Waals surface area contributed by atoms with Crippen molar-refractivity contribution in [3.05, 3.63) is 47.5 Å². The van der Waals surface area contributed by atoms with Gasteiger partial charge in [0.25, 0.3) is 10.1 Å². The number of fused-ring (bicyclic) bond motifs is 1. The number of halogens is 3. The molecular formula is C19H22F3N5O6S. The minimum absolute atomic E-state index is 0.0360. The van der Waals surface area contributed by atoms with Crippen molar-refractivity contribution < 1.29 is 40.1 Å². The first-order valence-corrected chi connectivity index (χ1v) is 11.8. The van der Waals surface area contributed by atoms with E-state index >= 15 is 0 Å². The Morgan fingerprint density at radius 1 is 1.18 bits per heavy atom. The Kier molecular flexibility index (Phi) is 7.76. The summed E-state index contributed by atoms with van der Waals surface area (Å²) in [4.78, 5) is 26.2. The van der Waals surface area contributed by atoms with Gasteiger partial charge >= 0.3 is 12.3 Å². The Balaban J connectivity index is 1.61. The Labute approximate surface area is 193 Å². The highest BCUT2D eigenvalue weighted by Crippen LogP contribution is 2.29. The van der Waals surface area contributed by atoms with Crippen molar-refractivity contribution in [2.45, 2.75) is 38.3 Å². The van der Waals surface area contributed by atoms with Crippen molar-refractivity contribution >= 4 is 22.1 Å². The molecule has 0 spiro atoms. The molecule has 15 heteroatoms. The average Bonchev–Trinajstić information content (AvgIpc) is 3.20. The standard InChI is InChI=1S/C19H22F3N5O6S/c1-34(30,31)33-12-14(23-18(29)32-11-13-5-3-2-4-6-13)9-16(28)26-7-8-27-15(10-26)24-25-17(27)19(20,21)22/h2-6,14H,7-12H2,1H3,(H,23,29)/t14-/m0/s1. The highest BCUT2D eigenvalue weighted by molar-refractivity contribution is 7.85. The summed E-state index contributed by atoms with van der Waals surface area (Å²) in [6, 6.07) is 7.71. The number of ether oxygens (including phenoxy) is 1. The van der Waals surface area contributed by atoms with Gasteiger partial charge in [0.1, 0.15) is 6.61 Å². The first-order valence-electron chi connectivity index (χ1n) is 10.0. The average molecular weight is 505 g/mol. The normalized spacial score (nSPS) is 14.9. The molecule has 1 aromatic carbocycles. The third kappa shape index (κ3) is 7.15. The Morgan fingerprint density at radius 3 is 2.53 bits per heavy atom. The quantitative estimate of drug-likeness (QED) is 0.531. The van der Waals surface area contributed by atoms with Crippen LogP contribution in [-0.2, 0) is 49.7 Å². The third-order valence-electron chi connectivity index (χ3n) is 4.80. The highest BCUT2D eigenvalue weighted by atomic mass is 32.2. The molecule has 186 valence electrons. The maximum Gasteiger partial charge on any atom is 0.451 e.